The molecule has 2 aromatic rings. The lowest BCUT2D eigenvalue weighted by Crippen LogP contribution is -2.28. The molecule has 0 spiro atoms. The number of benzene rings is 1. The van der Waals surface area contributed by atoms with E-state index >= 15 is 0 Å². The maximum absolute atomic E-state index is 12.3. The molecule has 0 radical (unpaired) electrons. The first-order chi connectivity index (χ1) is 11.2. The number of amides is 1. The number of aromatic nitrogens is 1. The molecule has 3 rings (SSSR count). The molecule has 0 N–H and O–H groups in total. The maximum Gasteiger partial charge on any atom is 0.234 e. The van der Waals surface area contributed by atoms with Gasteiger partial charge in [0.15, 0.2) is 0 Å². The summed E-state index contributed by atoms with van der Waals surface area (Å²) in [5.41, 5.74) is 1.87. The van der Waals surface area contributed by atoms with Gasteiger partial charge in [0.25, 0.3) is 0 Å². The number of rotatable bonds is 5. The zero-order chi connectivity index (χ0) is 16.2. The van der Waals surface area contributed by atoms with Gasteiger partial charge in [0.1, 0.15) is 16.9 Å². The molecular weight excluding hydrogens is 312 g/mol. The van der Waals surface area contributed by atoms with Crippen LogP contribution in [0.15, 0.2) is 42.6 Å². The standard InChI is InChI=1S/C17H18N2O3S/c1-21-13-7-12(8-14(9-13)22-2)10-19-16(20)11-23-17(19)15-5-3-4-6-18-15/h3-9,17H,10-11H2,1-2H3. The summed E-state index contributed by atoms with van der Waals surface area (Å²) in [4.78, 5) is 18.5. The molecule has 1 saturated heterocycles. The van der Waals surface area contributed by atoms with Crippen LogP contribution in [0.2, 0.25) is 0 Å². The molecule has 0 aliphatic carbocycles. The highest BCUT2D eigenvalue weighted by Crippen LogP contribution is 2.39. The van der Waals surface area contributed by atoms with Crippen LogP contribution in [0.5, 0.6) is 11.5 Å². The first kappa shape index (κ1) is 15.7. The van der Waals surface area contributed by atoms with Crippen LogP contribution in [-0.4, -0.2) is 35.8 Å². The van der Waals surface area contributed by atoms with Crippen LogP contribution < -0.4 is 9.47 Å². The van der Waals surface area contributed by atoms with Gasteiger partial charge in [-0.2, -0.15) is 0 Å². The summed E-state index contributed by atoms with van der Waals surface area (Å²) in [5.74, 6) is 2.02. The van der Waals surface area contributed by atoms with Gasteiger partial charge in [0, 0.05) is 18.8 Å². The maximum atomic E-state index is 12.3. The van der Waals surface area contributed by atoms with Gasteiger partial charge in [-0.1, -0.05) is 6.07 Å². The highest BCUT2D eigenvalue weighted by atomic mass is 32.2. The lowest BCUT2D eigenvalue weighted by Gasteiger charge is -2.24. The van der Waals surface area contributed by atoms with Crippen molar-refractivity contribution in [1.82, 2.24) is 9.88 Å². The monoisotopic (exact) mass is 330 g/mol. The Morgan fingerprint density at radius 2 is 1.96 bits per heavy atom. The second kappa shape index (κ2) is 6.91. The number of ether oxygens (including phenoxy) is 2. The second-order valence-electron chi connectivity index (χ2n) is 5.16. The molecule has 1 aromatic carbocycles. The Morgan fingerprint density at radius 1 is 1.22 bits per heavy atom. The summed E-state index contributed by atoms with van der Waals surface area (Å²) in [7, 11) is 3.23. The van der Waals surface area contributed by atoms with Crippen molar-refractivity contribution in [1.29, 1.82) is 0 Å². The highest BCUT2D eigenvalue weighted by Gasteiger charge is 2.33. The van der Waals surface area contributed by atoms with Crippen molar-refractivity contribution >= 4 is 17.7 Å². The zero-order valence-electron chi connectivity index (χ0n) is 13.1. The van der Waals surface area contributed by atoms with E-state index in [9.17, 15) is 4.79 Å². The minimum absolute atomic E-state index is 0.0547. The van der Waals surface area contributed by atoms with Crippen molar-refractivity contribution in [2.45, 2.75) is 11.9 Å². The van der Waals surface area contributed by atoms with Gasteiger partial charge in [0.2, 0.25) is 5.91 Å². The molecule has 1 atom stereocenters. The summed E-state index contributed by atoms with van der Waals surface area (Å²) in [5, 5.41) is -0.0547. The summed E-state index contributed by atoms with van der Waals surface area (Å²) in [6.07, 6.45) is 1.76. The highest BCUT2D eigenvalue weighted by molar-refractivity contribution is 8.00. The largest absolute Gasteiger partial charge is 0.497 e. The van der Waals surface area contributed by atoms with Gasteiger partial charge >= 0.3 is 0 Å². The van der Waals surface area contributed by atoms with Crippen LogP contribution in [-0.2, 0) is 11.3 Å². The van der Waals surface area contributed by atoms with Crippen LogP contribution in [0.4, 0.5) is 0 Å². The SMILES string of the molecule is COc1cc(CN2C(=O)CSC2c2ccccn2)cc(OC)c1. The van der Waals surface area contributed by atoms with Crippen molar-refractivity contribution in [2.75, 3.05) is 20.0 Å². The molecule has 2 heterocycles. The molecule has 5 nitrogen and oxygen atoms in total. The first-order valence-corrected chi connectivity index (χ1v) is 8.30. The normalized spacial score (nSPS) is 17.4. The molecule has 120 valence electrons. The molecule has 6 heteroatoms. The Morgan fingerprint density at radius 3 is 2.57 bits per heavy atom. The molecular formula is C17H18N2O3S. The molecule has 1 aromatic heterocycles. The average molecular weight is 330 g/mol. The lowest BCUT2D eigenvalue weighted by atomic mass is 10.1. The number of carbonyl (C=O) groups excluding carboxylic acids is 1. The van der Waals surface area contributed by atoms with E-state index in [2.05, 4.69) is 4.98 Å². The second-order valence-corrected chi connectivity index (χ2v) is 6.23. The fraction of sp³-hybridized carbons (Fsp3) is 0.294. The van der Waals surface area contributed by atoms with Gasteiger partial charge in [-0.25, -0.2) is 0 Å². The first-order valence-electron chi connectivity index (χ1n) is 7.25. The van der Waals surface area contributed by atoms with Crippen LogP contribution in [0.25, 0.3) is 0 Å². The molecule has 1 aliphatic heterocycles. The number of hydrogen-bond acceptors (Lipinski definition) is 5. The minimum atomic E-state index is -0.0547. The number of nitrogens with zero attached hydrogens (tertiary/aromatic N) is 2. The summed E-state index contributed by atoms with van der Waals surface area (Å²) < 4.78 is 10.6. The summed E-state index contributed by atoms with van der Waals surface area (Å²) >= 11 is 1.60. The van der Waals surface area contributed by atoms with Gasteiger partial charge in [-0.15, -0.1) is 11.8 Å². The smallest absolute Gasteiger partial charge is 0.234 e. The quantitative estimate of drug-likeness (QED) is 0.844. The van der Waals surface area contributed by atoms with Crippen molar-refractivity contribution in [3.8, 4) is 11.5 Å². The molecule has 23 heavy (non-hydrogen) atoms. The predicted octanol–water partition coefficient (Wildman–Crippen LogP) is 2.87. The van der Waals surface area contributed by atoms with Gasteiger partial charge < -0.3 is 14.4 Å². The van der Waals surface area contributed by atoms with E-state index < -0.39 is 0 Å². The minimum Gasteiger partial charge on any atom is -0.497 e. The number of carbonyl (C=O) groups is 1. The van der Waals surface area contributed by atoms with Gasteiger partial charge in [-0.3, -0.25) is 9.78 Å². The van der Waals surface area contributed by atoms with Crippen LogP contribution >= 0.6 is 11.8 Å². The van der Waals surface area contributed by atoms with E-state index in [4.69, 9.17) is 9.47 Å². The third kappa shape index (κ3) is 3.42. The van der Waals surface area contributed by atoms with Crippen molar-refractivity contribution in [2.24, 2.45) is 0 Å². The third-order valence-electron chi connectivity index (χ3n) is 3.67. The van der Waals surface area contributed by atoms with Gasteiger partial charge in [-0.05, 0) is 29.8 Å². The zero-order valence-corrected chi connectivity index (χ0v) is 13.9. The summed E-state index contributed by atoms with van der Waals surface area (Å²) in [6, 6.07) is 11.4. The van der Waals surface area contributed by atoms with E-state index in [-0.39, 0.29) is 11.3 Å². The molecule has 1 aliphatic rings. The Kier molecular flexibility index (Phi) is 4.71. The number of methoxy groups -OCH3 is 2. The molecule has 1 unspecified atom stereocenters. The van der Waals surface area contributed by atoms with Crippen molar-refractivity contribution in [3.05, 3.63) is 53.9 Å². The fourth-order valence-corrected chi connectivity index (χ4v) is 3.69. The summed E-state index contributed by atoms with van der Waals surface area (Å²) in [6.45, 7) is 0.501. The van der Waals surface area contributed by atoms with E-state index in [1.54, 1.807) is 32.2 Å². The predicted molar refractivity (Wildman–Crippen MR) is 89.5 cm³/mol. The van der Waals surface area contributed by atoms with Crippen molar-refractivity contribution < 1.29 is 14.3 Å². The van der Waals surface area contributed by atoms with E-state index in [1.807, 2.05) is 41.3 Å². The van der Waals surface area contributed by atoms with Crippen LogP contribution in [0.1, 0.15) is 16.6 Å². The van der Waals surface area contributed by atoms with Gasteiger partial charge in [0.05, 0.1) is 25.7 Å². The van der Waals surface area contributed by atoms with E-state index in [1.165, 1.54) is 0 Å². The molecule has 1 amide bonds. The molecule has 0 saturated carbocycles. The van der Waals surface area contributed by atoms with Crippen LogP contribution in [0, 0.1) is 0 Å². The topological polar surface area (TPSA) is 51.7 Å². The Hall–Kier alpha value is -2.21. The third-order valence-corrected chi connectivity index (χ3v) is 4.90. The number of hydrogen-bond donors (Lipinski definition) is 0. The van der Waals surface area contributed by atoms with Crippen LogP contribution in [0.3, 0.4) is 0 Å². The molecule has 0 bridgehead atoms. The Bertz CT molecular complexity index is 671. The number of pyridine rings is 1. The van der Waals surface area contributed by atoms with Crippen molar-refractivity contribution in [3.63, 3.8) is 0 Å². The lowest BCUT2D eigenvalue weighted by molar-refractivity contribution is -0.128. The molecule has 1 fully saturated rings. The average Bonchev–Trinajstić information content (AvgIpc) is 2.96. The fourth-order valence-electron chi connectivity index (χ4n) is 2.55. The number of thioether (sulfide) groups is 1. The Labute approximate surface area is 139 Å². The van der Waals surface area contributed by atoms with E-state index in [0.29, 0.717) is 23.8 Å². The Balaban J connectivity index is 1.86. The van der Waals surface area contributed by atoms with E-state index in [0.717, 1.165) is 11.3 Å².